The number of para-hydroxylation sites is 1. The summed E-state index contributed by atoms with van der Waals surface area (Å²) in [5, 5.41) is 4.36. The minimum absolute atomic E-state index is 0.0198. The van der Waals surface area contributed by atoms with Crippen LogP contribution in [0.5, 0.6) is 5.75 Å². The van der Waals surface area contributed by atoms with Crippen LogP contribution in [0.1, 0.15) is 42.7 Å². The zero-order valence-electron chi connectivity index (χ0n) is 16.9. The van der Waals surface area contributed by atoms with Crippen molar-refractivity contribution in [1.29, 1.82) is 0 Å². The lowest BCUT2D eigenvalue weighted by molar-refractivity contribution is 0.0752. The molecule has 1 amide bonds. The SMILES string of the molecule is CCN(Cc1cnn(C(C)C)c1)C(=O)c1ccc(-c2ccccc2OC)cc1. The second-order valence-corrected chi connectivity index (χ2v) is 7.02. The first-order valence-electron chi connectivity index (χ1n) is 9.59. The minimum atomic E-state index is 0.0198. The maximum Gasteiger partial charge on any atom is 0.254 e. The summed E-state index contributed by atoms with van der Waals surface area (Å²) in [6, 6.07) is 15.9. The van der Waals surface area contributed by atoms with E-state index in [1.54, 1.807) is 7.11 Å². The lowest BCUT2D eigenvalue weighted by Gasteiger charge is -2.20. The van der Waals surface area contributed by atoms with Crippen LogP contribution in [0.3, 0.4) is 0 Å². The molecule has 5 heteroatoms. The summed E-state index contributed by atoms with van der Waals surface area (Å²) in [5.41, 5.74) is 3.75. The molecule has 0 spiro atoms. The van der Waals surface area contributed by atoms with Gasteiger partial charge in [0.15, 0.2) is 0 Å². The van der Waals surface area contributed by atoms with Gasteiger partial charge in [-0.25, -0.2) is 0 Å². The number of methoxy groups -OCH3 is 1. The van der Waals surface area contributed by atoms with Crippen LogP contribution in [0, 0.1) is 0 Å². The number of hydrogen-bond donors (Lipinski definition) is 0. The van der Waals surface area contributed by atoms with Crippen molar-refractivity contribution in [3.05, 3.63) is 72.1 Å². The van der Waals surface area contributed by atoms with Crippen molar-refractivity contribution in [2.75, 3.05) is 13.7 Å². The van der Waals surface area contributed by atoms with Gasteiger partial charge in [0.1, 0.15) is 5.75 Å². The number of benzene rings is 2. The first-order valence-corrected chi connectivity index (χ1v) is 9.59. The molecule has 0 saturated carbocycles. The Morgan fingerprint density at radius 3 is 2.46 bits per heavy atom. The van der Waals surface area contributed by atoms with Crippen LogP contribution < -0.4 is 4.74 Å². The van der Waals surface area contributed by atoms with Gasteiger partial charge in [0.25, 0.3) is 5.91 Å². The van der Waals surface area contributed by atoms with Gasteiger partial charge >= 0.3 is 0 Å². The smallest absolute Gasteiger partial charge is 0.254 e. The first-order chi connectivity index (χ1) is 13.5. The van der Waals surface area contributed by atoms with Gasteiger partial charge in [-0.3, -0.25) is 9.48 Å². The number of aromatic nitrogens is 2. The number of nitrogens with zero attached hydrogens (tertiary/aromatic N) is 3. The van der Waals surface area contributed by atoms with E-state index in [0.29, 0.717) is 24.7 Å². The average molecular weight is 377 g/mol. The highest BCUT2D eigenvalue weighted by Crippen LogP contribution is 2.29. The van der Waals surface area contributed by atoms with Gasteiger partial charge in [-0.1, -0.05) is 30.3 Å². The third kappa shape index (κ3) is 4.25. The summed E-state index contributed by atoms with van der Waals surface area (Å²) in [5.74, 6) is 0.838. The van der Waals surface area contributed by atoms with Crippen LogP contribution in [0.2, 0.25) is 0 Å². The molecule has 28 heavy (non-hydrogen) atoms. The van der Waals surface area contributed by atoms with Crippen molar-refractivity contribution in [1.82, 2.24) is 14.7 Å². The van der Waals surface area contributed by atoms with Crippen LogP contribution >= 0.6 is 0 Å². The third-order valence-electron chi connectivity index (χ3n) is 4.78. The maximum absolute atomic E-state index is 13.0. The third-order valence-corrected chi connectivity index (χ3v) is 4.78. The summed E-state index contributed by atoms with van der Waals surface area (Å²) in [7, 11) is 1.66. The molecule has 0 aliphatic heterocycles. The van der Waals surface area contributed by atoms with Gasteiger partial charge in [-0.2, -0.15) is 5.10 Å². The Hall–Kier alpha value is -3.08. The molecule has 0 N–H and O–H groups in total. The molecule has 0 radical (unpaired) electrons. The number of rotatable bonds is 7. The first kappa shape index (κ1) is 19.7. The summed E-state index contributed by atoms with van der Waals surface area (Å²) in [6.45, 7) is 7.36. The lowest BCUT2D eigenvalue weighted by atomic mass is 10.0. The van der Waals surface area contributed by atoms with Crippen molar-refractivity contribution in [3.63, 3.8) is 0 Å². The van der Waals surface area contributed by atoms with Gasteiger partial charge < -0.3 is 9.64 Å². The van der Waals surface area contributed by atoms with Gasteiger partial charge in [0.2, 0.25) is 0 Å². The Labute approximate surface area is 166 Å². The van der Waals surface area contributed by atoms with Gasteiger partial charge in [-0.05, 0) is 44.5 Å². The number of ether oxygens (including phenoxy) is 1. The van der Waals surface area contributed by atoms with E-state index in [4.69, 9.17) is 4.74 Å². The predicted octanol–water partition coefficient (Wildman–Crippen LogP) is 4.80. The van der Waals surface area contributed by atoms with Gasteiger partial charge in [0, 0.05) is 42.0 Å². The molecular weight excluding hydrogens is 350 g/mol. The highest BCUT2D eigenvalue weighted by Gasteiger charge is 2.16. The molecule has 0 saturated heterocycles. The summed E-state index contributed by atoms with van der Waals surface area (Å²) < 4.78 is 7.35. The largest absolute Gasteiger partial charge is 0.496 e. The van der Waals surface area contributed by atoms with E-state index in [1.807, 2.05) is 77.4 Å². The number of amides is 1. The minimum Gasteiger partial charge on any atom is -0.496 e. The fourth-order valence-electron chi connectivity index (χ4n) is 3.15. The molecule has 2 aromatic carbocycles. The van der Waals surface area contributed by atoms with Crippen LogP contribution in [-0.2, 0) is 6.54 Å². The quantitative estimate of drug-likeness (QED) is 0.594. The fraction of sp³-hybridized carbons (Fsp3) is 0.304. The van der Waals surface area contributed by atoms with E-state index in [9.17, 15) is 4.79 Å². The van der Waals surface area contributed by atoms with Crippen molar-refractivity contribution < 1.29 is 9.53 Å². The van der Waals surface area contributed by atoms with E-state index >= 15 is 0 Å². The molecule has 0 atom stereocenters. The number of carbonyl (C=O) groups is 1. The molecule has 3 rings (SSSR count). The number of hydrogen-bond acceptors (Lipinski definition) is 3. The zero-order chi connectivity index (χ0) is 20.1. The van der Waals surface area contributed by atoms with E-state index in [1.165, 1.54) is 0 Å². The molecule has 5 nitrogen and oxygen atoms in total. The molecule has 3 aromatic rings. The van der Waals surface area contributed by atoms with E-state index in [0.717, 1.165) is 22.4 Å². The van der Waals surface area contributed by atoms with Crippen molar-refractivity contribution in [3.8, 4) is 16.9 Å². The van der Waals surface area contributed by atoms with Gasteiger partial charge in [-0.15, -0.1) is 0 Å². The van der Waals surface area contributed by atoms with Crippen molar-refractivity contribution in [2.24, 2.45) is 0 Å². The molecule has 0 bridgehead atoms. The van der Waals surface area contributed by atoms with Crippen LogP contribution in [0.4, 0.5) is 0 Å². The monoisotopic (exact) mass is 377 g/mol. The van der Waals surface area contributed by atoms with E-state index < -0.39 is 0 Å². The Balaban J connectivity index is 1.76. The summed E-state index contributed by atoms with van der Waals surface area (Å²) in [4.78, 5) is 14.8. The van der Waals surface area contributed by atoms with Crippen LogP contribution in [0.25, 0.3) is 11.1 Å². The molecule has 0 fully saturated rings. The topological polar surface area (TPSA) is 47.4 Å². The van der Waals surface area contributed by atoms with E-state index in [-0.39, 0.29) is 5.91 Å². The molecule has 0 aliphatic rings. The molecule has 1 heterocycles. The predicted molar refractivity (Wildman–Crippen MR) is 111 cm³/mol. The van der Waals surface area contributed by atoms with Gasteiger partial charge in [0.05, 0.1) is 13.3 Å². The standard InChI is InChI=1S/C23H27N3O2/c1-5-25(15-18-14-24-26(16-18)17(2)3)23(27)20-12-10-19(11-13-20)21-8-6-7-9-22(21)28-4/h6-14,16-17H,5,15H2,1-4H3. The highest BCUT2D eigenvalue weighted by atomic mass is 16.5. The summed E-state index contributed by atoms with van der Waals surface area (Å²) in [6.07, 6.45) is 3.84. The highest BCUT2D eigenvalue weighted by molar-refractivity contribution is 5.94. The lowest BCUT2D eigenvalue weighted by Crippen LogP contribution is -2.30. The normalized spacial score (nSPS) is 10.9. The Bertz CT molecular complexity index is 929. The molecule has 0 unspecified atom stereocenters. The fourth-order valence-corrected chi connectivity index (χ4v) is 3.15. The Morgan fingerprint density at radius 2 is 1.86 bits per heavy atom. The maximum atomic E-state index is 13.0. The Kier molecular flexibility index (Phi) is 6.14. The number of carbonyl (C=O) groups excluding carboxylic acids is 1. The average Bonchev–Trinajstić information content (AvgIpc) is 3.20. The molecule has 146 valence electrons. The van der Waals surface area contributed by atoms with Crippen LogP contribution in [0.15, 0.2) is 60.9 Å². The molecular formula is C23H27N3O2. The zero-order valence-corrected chi connectivity index (χ0v) is 16.9. The Morgan fingerprint density at radius 1 is 1.14 bits per heavy atom. The van der Waals surface area contributed by atoms with Crippen molar-refractivity contribution >= 4 is 5.91 Å². The second-order valence-electron chi connectivity index (χ2n) is 7.02. The van der Waals surface area contributed by atoms with Crippen LogP contribution in [-0.4, -0.2) is 34.2 Å². The van der Waals surface area contributed by atoms with E-state index in [2.05, 4.69) is 18.9 Å². The van der Waals surface area contributed by atoms with Crippen molar-refractivity contribution in [2.45, 2.75) is 33.4 Å². The second kappa shape index (κ2) is 8.74. The molecule has 1 aromatic heterocycles. The summed E-state index contributed by atoms with van der Waals surface area (Å²) >= 11 is 0. The molecule has 0 aliphatic carbocycles.